The Morgan fingerprint density at radius 1 is 1.04 bits per heavy atom. The first-order valence-corrected chi connectivity index (χ1v) is 8.02. The summed E-state index contributed by atoms with van der Waals surface area (Å²) in [5.41, 5.74) is 5.98. The van der Waals surface area contributed by atoms with Crippen molar-refractivity contribution in [2.45, 2.75) is 13.8 Å². The normalized spacial score (nSPS) is 10.8. The predicted molar refractivity (Wildman–Crippen MR) is 105 cm³/mol. The van der Waals surface area contributed by atoms with Gasteiger partial charge in [0, 0.05) is 18.3 Å². The third kappa shape index (κ3) is 5.89. The molecule has 0 saturated heterocycles. The quantitative estimate of drug-likeness (QED) is 0.435. The van der Waals surface area contributed by atoms with Crippen molar-refractivity contribution in [3.05, 3.63) is 54.1 Å². The number of anilines is 2. The maximum absolute atomic E-state index is 11.1. The standard InChI is InChI=1S/C18H20N4O2S/c1-12(14-5-4-6-16(11-14)19-13(2)23)21-22-18(25)20-15-7-9-17(24-3)10-8-15/h4-11H,1-3H3,(H,19,23)(H2,20,22,25)/b21-12+. The minimum Gasteiger partial charge on any atom is -0.497 e. The number of carbonyl (C=O) groups excluding carboxylic acids is 1. The van der Waals surface area contributed by atoms with Crippen LogP contribution in [0.1, 0.15) is 19.4 Å². The zero-order valence-electron chi connectivity index (χ0n) is 14.3. The zero-order valence-corrected chi connectivity index (χ0v) is 15.1. The lowest BCUT2D eigenvalue weighted by molar-refractivity contribution is -0.114. The van der Waals surface area contributed by atoms with Crippen LogP contribution in [0.25, 0.3) is 0 Å². The third-order valence-corrected chi connectivity index (χ3v) is 3.47. The van der Waals surface area contributed by atoms with Crippen molar-refractivity contribution in [1.29, 1.82) is 0 Å². The molecule has 3 N–H and O–H groups in total. The Hall–Kier alpha value is -2.93. The highest BCUT2D eigenvalue weighted by atomic mass is 32.1. The number of hydrogen-bond donors (Lipinski definition) is 3. The van der Waals surface area contributed by atoms with Crippen LogP contribution in [0.15, 0.2) is 53.6 Å². The number of nitrogens with zero attached hydrogens (tertiary/aromatic N) is 1. The topological polar surface area (TPSA) is 74.8 Å². The fourth-order valence-electron chi connectivity index (χ4n) is 2.06. The van der Waals surface area contributed by atoms with E-state index in [1.807, 2.05) is 55.5 Å². The molecule has 0 atom stereocenters. The van der Waals surface area contributed by atoms with Crippen LogP contribution < -0.4 is 20.8 Å². The van der Waals surface area contributed by atoms with Crippen LogP contribution in [0.2, 0.25) is 0 Å². The number of benzene rings is 2. The van der Waals surface area contributed by atoms with Crippen LogP contribution in [0, 0.1) is 0 Å². The second kappa shape index (κ2) is 8.79. The molecule has 0 bridgehead atoms. The lowest BCUT2D eigenvalue weighted by Crippen LogP contribution is -2.24. The molecule has 6 nitrogen and oxygen atoms in total. The molecule has 0 fully saturated rings. The molecule has 0 heterocycles. The molecule has 1 amide bonds. The minimum atomic E-state index is -0.116. The Kier molecular flexibility index (Phi) is 6.47. The third-order valence-electron chi connectivity index (χ3n) is 3.27. The van der Waals surface area contributed by atoms with Gasteiger partial charge in [0.1, 0.15) is 5.75 Å². The van der Waals surface area contributed by atoms with E-state index in [4.69, 9.17) is 17.0 Å². The van der Waals surface area contributed by atoms with Crippen LogP contribution in [0.4, 0.5) is 11.4 Å². The minimum absolute atomic E-state index is 0.116. The average Bonchev–Trinajstić information content (AvgIpc) is 2.60. The average molecular weight is 356 g/mol. The molecule has 7 heteroatoms. The van der Waals surface area contributed by atoms with E-state index >= 15 is 0 Å². The van der Waals surface area contributed by atoms with Crippen LogP contribution in [-0.2, 0) is 4.79 Å². The van der Waals surface area contributed by atoms with Gasteiger partial charge in [0.05, 0.1) is 12.8 Å². The van der Waals surface area contributed by atoms with Crippen molar-refractivity contribution >= 4 is 40.3 Å². The molecular weight excluding hydrogens is 336 g/mol. The molecule has 0 aliphatic heterocycles. The largest absolute Gasteiger partial charge is 0.497 e. The summed E-state index contributed by atoms with van der Waals surface area (Å²) < 4.78 is 5.11. The first-order valence-electron chi connectivity index (χ1n) is 7.61. The van der Waals surface area contributed by atoms with E-state index in [9.17, 15) is 4.79 Å². The number of hydrogen-bond acceptors (Lipinski definition) is 4. The summed E-state index contributed by atoms with van der Waals surface area (Å²) in [4.78, 5) is 11.1. The van der Waals surface area contributed by atoms with Crippen molar-refractivity contribution in [1.82, 2.24) is 5.43 Å². The molecule has 0 aromatic heterocycles. The van der Waals surface area contributed by atoms with E-state index in [-0.39, 0.29) is 5.91 Å². The number of ether oxygens (including phenoxy) is 1. The molecule has 0 radical (unpaired) electrons. The summed E-state index contributed by atoms with van der Waals surface area (Å²) in [7, 11) is 1.62. The van der Waals surface area contributed by atoms with Gasteiger partial charge in [0.2, 0.25) is 5.91 Å². The predicted octanol–water partition coefficient (Wildman–Crippen LogP) is 3.36. The first-order chi connectivity index (χ1) is 12.0. The van der Waals surface area contributed by atoms with Gasteiger partial charge in [-0.3, -0.25) is 10.2 Å². The SMILES string of the molecule is COc1ccc(NC(=S)N/N=C(\C)c2cccc(NC(C)=O)c2)cc1. The van der Waals surface area contributed by atoms with Crippen LogP contribution in [-0.4, -0.2) is 23.8 Å². The number of carbonyl (C=O) groups is 1. The molecule has 2 rings (SSSR count). The van der Waals surface area contributed by atoms with Crippen molar-refractivity contribution < 1.29 is 9.53 Å². The van der Waals surface area contributed by atoms with E-state index in [1.165, 1.54) is 6.92 Å². The number of thiocarbonyl (C=S) groups is 1. The number of amides is 1. The van der Waals surface area contributed by atoms with Crippen LogP contribution >= 0.6 is 12.2 Å². The molecule has 0 aliphatic rings. The highest BCUT2D eigenvalue weighted by molar-refractivity contribution is 7.80. The lowest BCUT2D eigenvalue weighted by atomic mass is 10.1. The summed E-state index contributed by atoms with van der Waals surface area (Å²) in [6.45, 7) is 3.33. The first kappa shape index (κ1) is 18.4. The zero-order chi connectivity index (χ0) is 18.2. The molecule has 2 aromatic rings. The van der Waals surface area contributed by atoms with Gasteiger partial charge in [-0.1, -0.05) is 12.1 Å². The number of methoxy groups -OCH3 is 1. The second-order valence-electron chi connectivity index (χ2n) is 5.25. The highest BCUT2D eigenvalue weighted by Gasteiger charge is 2.02. The van der Waals surface area contributed by atoms with Gasteiger partial charge in [0.25, 0.3) is 0 Å². The van der Waals surface area contributed by atoms with Crippen molar-refractivity contribution in [3.8, 4) is 5.75 Å². The maximum Gasteiger partial charge on any atom is 0.221 e. The van der Waals surface area contributed by atoms with Gasteiger partial charge in [0.15, 0.2) is 5.11 Å². The Morgan fingerprint density at radius 2 is 1.76 bits per heavy atom. The highest BCUT2D eigenvalue weighted by Crippen LogP contribution is 2.15. The Balaban J connectivity index is 1.97. The number of nitrogens with one attached hydrogen (secondary N) is 3. The Bertz CT molecular complexity index is 788. The molecular formula is C18H20N4O2S. The van der Waals surface area contributed by atoms with Gasteiger partial charge < -0.3 is 15.4 Å². The second-order valence-corrected chi connectivity index (χ2v) is 5.66. The smallest absolute Gasteiger partial charge is 0.221 e. The summed E-state index contributed by atoms with van der Waals surface area (Å²) in [6.07, 6.45) is 0. The van der Waals surface area contributed by atoms with E-state index < -0.39 is 0 Å². The van der Waals surface area contributed by atoms with Gasteiger partial charge >= 0.3 is 0 Å². The van der Waals surface area contributed by atoms with Gasteiger partial charge in [-0.15, -0.1) is 0 Å². The maximum atomic E-state index is 11.1. The van der Waals surface area contributed by atoms with Crippen LogP contribution in [0.3, 0.4) is 0 Å². The molecule has 0 aliphatic carbocycles. The van der Waals surface area contributed by atoms with Crippen molar-refractivity contribution in [2.24, 2.45) is 5.10 Å². The molecule has 0 unspecified atom stereocenters. The summed E-state index contributed by atoms with van der Waals surface area (Å²) in [5.74, 6) is 0.659. The van der Waals surface area contributed by atoms with E-state index in [1.54, 1.807) is 7.11 Å². The molecule has 0 spiro atoms. The van der Waals surface area contributed by atoms with Crippen molar-refractivity contribution in [3.63, 3.8) is 0 Å². The molecule has 0 saturated carbocycles. The van der Waals surface area contributed by atoms with E-state index in [0.29, 0.717) is 5.11 Å². The molecule has 2 aromatic carbocycles. The summed E-state index contributed by atoms with van der Waals surface area (Å²) in [5, 5.41) is 10.4. The number of rotatable bonds is 5. The fraction of sp³-hybridized carbons (Fsp3) is 0.167. The Labute approximate surface area is 152 Å². The van der Waals surface area contributed by atoms with Gasteiger partial charge in [-0.2, -0.15) is 5.10 Å². The fourth-order valence-corrected chi connectivity index (χ4v) is 2.22. The number of hydrazone groups is 1. The van der Waals surface area contributed by atoms with Gasteiger partial charge in [-0.05, 0) is 61.1 Å². The monoisotopic (exact) mass is 356 g/mol. The van der Waals surface area contributed by atoms with E-state index in [0.717, 1.165) is 28.4 Å². The summed E-state index contributed by atoms with van der Waals surface area (Å²) >= 11 is 5.23. The van der Waals surface area contributed by atoms with E-state index in [2.05, 4.69) is 21.2 Å². The molecule has 25 heavy (non-hydrogen) atoms. The van der Waals surface area contributed by atoms with Crippen molar-refractivity contribution in [2.75, 3.05) is 17.7 Å². The molecule has 130 valence electrons. The van der Waals surface area contributed by atoms with Gasteiger partial charge in [-0.25, -0.2) is 0 Å². The summed E-state index contributed by atoms with van der Waals surface area (Å²) in [6, 6.07) is 14.8. The lowest BCUT2D eigenvalue weighted by Gasteiger charge is -2.09. The van der Waals surface area contributed by atoms with Crippen LogP contribution in [0.5, 0.6) is 5.75 Å². The Morgan fingerprint density at radius 3 is 2.40 bits per heavy atom.